The highest BCUT2D eigenvalue weighted by molar-refractivity contribution is 5.71. The third-order valence-corrected chi connectivity index (χ3v) is 11.9. The molecule has 72 heavy (non-hydrogen) atoms. The fourth-order valence-corrected chi connectivity index (χ4v) is 7.52. The van der Waals surface area contributed by atoms with Crippen molar-refractivity contribution >= 4 is 17.9 Å². The van der Waals surface area contributed by atoms with Gasteiger partial charge in [0.2, 0.25) is 0 Å². The van der Waals surface area contributed by atoms with E-state index in [1.54, 1.807) is 0 Å². The Morgan fingerprint density at radius 1 is 0.292 bits per heavy atom. The summed E-state index contributed by atoms with van der Waals surface area (Å²) >= 11 is 0. The number of carbonyl (C=O) groups excluding carboxylic acids is 3. The zero-order valence-electron chi connectivity index (χ0n) is 46.4. The predicted molar refractivity (Wildman–Crippen MR) is 311 cm³/mol. The Labute approximate surface area is 443 Å². The topological polar surface area (TPSA) is 78.9 Å². The van der Waals surface area contributed by atoms with Crippen molar-refractivity contribution in [2.75, 3.05) is 13.2 Å². The molecule has 0 aromatic rings. The summed E-state index contributed by atoms with van der Waals surface area (Å²) in [4.78, 5) is 37.8. The molecule has 0 aliphatic rings. The lowest BCUT2D eigenvalue weighted by Gasteiger charge is -2.18. The molecular weight excluding hydrogens is 889 g/mol. The van der Waals surface area contributed by atoms with Crippen molar-refractivity contribution in [1.29, 1.82) is 0 Å². The standard InChI is InChI=1S/C66H106O6/c1-4-7-10-13-16-18-20-22-23-24-25-26-27-28-29-30-31-32-33-34-35-36-37-38-39-40-41-42-43-45-46-48-50-53-56-59-65(68)71-62-63(61-70-64(67)58-55-52-15-12-9-6-3)72-66(69)60-57-54-51-49-47-44-21-19-17-14-11-8-5-2/h7,10,16,18-19,21-23,25-26,28-29,31-32,34-35,37-38,40-41,43,45,63H,4-6,8-9,11-15,17,20,24,27,30,33,36,39,42,44,46-62H2,1-3H3/b10-7-,18-16-,21-19-,23-22-,26-25-,29-28-,32-31-,35-34-,38-37-,41-40-,45-43-. The molecule has 0 aromatic heterocycles. The van der Waals surface area contributed by atoms with E-state index >= 15 is 0 Å². The maximum atomic E-state index is 12.7. The van der Waals surface area contributed by atoms with E-state index in [0.717, 1.165) is 148 Å². The molecule has 0 aliphatic heterocycles. The first-order valence-electron chi connectivity index (χ1n) is 29.2. The molecule has 0 radical (unpaired) electrons. The van der Waals surface area contributed by atoms with Crippen molar-refractivity contribution in [2.45, 2.75) is 252 Å². The van der Waals surface area contributed by atoms with Gasteiger partial charge in [0.1, 0.15) is 13.2 Å². The number of allylic oxidation sites excluding steroid dienone is 22. The molecule has 0 fully saturated rings. The Morgan fingerprint density at radius 2 is 0.542 bits per heavy atom. The average molecular weight is 996 g/mol. The second-order valence-corrected chi connectivity index (χ2v) is 18.8. The predicted octanol–water partition coefficient (Wildman–Crippen LogP) is 19.8. The van der Waals surface area contributed by atoms with Crippen LogP contribution < -0.4 is 0 Å². The molecule has 0 amide bonds. The molecular formula is C66H106O6. The Kier molecular flexibility index (Phi) is 55.5. The lowest BCUT2D eigenvalue weighted by atomic mass is 10.1. The van der Waals surface area contributed by atoms with Gasteiger partial charge in [-0.05, 0) is 122 Å². The summed E-state index contributed by atoms with van der Waals surface area (Å²) in [5, 5.41) is 0. The lowest BCUT2D eigenvalue weighted by Crippen LogP contribution is -2.30. The summed E-state index contributed by atoms with van der Waals surface area (Å²) in [5.74, 6) is -0.943. The number of hydrogen-bond donors (Lipinski definition) is 0. The smallest absolute Gasteiger partial charge is 0.306 e. The monoisotopic (exact) mass is 995 g/mol. The maximum absolute atomic E-state index is 12.7. The van der Waals surface area contributed by atoms with Crippen molar-refractivity contribution in [3.05, 3.63) is 134 Å². The van der Waals surface area contributed by atoms with Crippen LogP contribution in [-0.4, -0.2) is 37.2 Å². The van der Waals surface area contributed by atoms with Gasteiger partial charge in [-0.3, -0.25) is 14.4 Å². The summed E-state index contributed by atoms with van der Waals surface area (Å²) in [6.07, 6.45) is 83.4. The first-order valence-corrected chi connectivity index (χ1v) is 29.2. The number of ether oxygens (including phenoxy) is 3. The van der Waals surface area contributed by atoms with Crippen LogP contribution in [-0.2, 0) is 28.6 Å². The van der Waals surface area contributed by atoms with Gasteiger partial charge in [0.15, 0.2) is 6.10 Å². The van der Waals surface area contributed by atoms with Crippen molar-refractivity contribution in [3.63, 3.8) is 0 Å². The van der Waals surface area contributed by atoms with Crippen molar-refractivity contribution in [3.8, 4) is 0 Å². The van der Waals surface area contributed by atoms with Crippen LogP contribution in [0, 0.1) is 0 Å². The molecule has 0 N–H and O–H groups in total. The van der Waals surface area contributed by atoms with E-state index in [2.05, 4.69) is 154 Å². The van der Waals surface area contributed by atoms with Gasteiger partial charge in [-0.15, -0.1) is 0 Å². The third kappa shape index (κ3) is 56.5. The summed E-state index contributed by atoms with van der Waals surface area (Å²) in [6.45, 7) is 6.40. The molecule has 6 heteroatoms. The minimum atomic E-state index is -0.792. The largest absolute Gasteiger partial charge is 0.462 e. The van der Waals surface area contributed by atoms with Crippen LogP contribution in [0.25, 0.3) is 0 Å². The molecule has 0 aromatic carbocycles. The zero-order valence-corrected chi connectivity index (χ0v) is 46.4. The number of unbranched alkanes of at least 4 members (excludes halogenated alkanes) is 18. The van der Waals surface area contributed by atoms with E-state index in [-0.39, 0.29) is 31.1 Å². The van der Waals surface area contributed by atoms with Crippen molar-refractivity contribution < 1.29 is 28.6 Å². The average Bonchev–Trinajstić information content (AvgIpc) is 3.38. The van der Waals surface area contributed by atoms with E-state index in [1.807, 2.05) is 0 Å². The SMILES string of the molecule is CC/C=C\C/C=C\C/C=C\C/C=C\C/C=C\C/C=C\C/C=C\C/C=C\C/C=C\C/C=C\CCCCCCC(=O)OCC(COC(=O)CCCCCCCC)OC(=O)CCCCCCC/C=C\CCCCCC. The van der Waals surface area contributed by atoms with Gasteiger partial charge in [0.05, 0.1) is 0 Å². The second-order valence-electron chi connectivity index (χ2n) is 18.8. The van der Waals surface area contributed by atoms with E-state index in [4.69, 9.17) is 14.2 Å². The van der Waals surface area contributed by atoms with Gasteiger partial charge in [-0.1, -0.05) is 238 Å². The molecule has 1 atom stereocenters. The normalized spacial score (nSPS) is 13.1. The molecule has 1 unspecified atom stereocenters. The summed E-state index contributed by atoms with van der Waals surface area (Å²) < 4.78 is 16.7. The molecule has 0 saturated heterocycles. The van der Waals surface area contributed by atoms with Gasteiger partial charge in [-0.2, -0.15) is 0 Å². The second kappa shape index (κ2) is 59.1. The number of esters is 3. The van der Waals surface area contributed by atoms with Crippen LogP contribution in [0.1, 0.15) is 245 Å². The van der Waals surface area contributed by atoms with Crippen molar-refractivity contribution in [2.24, 2.45) is 0 Å². The van der Waals surface area contributed by atoms with Gasteiger partial charge in [0, 0.05) is 19.3 Å². The van der Waals surface area contributed by atoms with E-state index in [9.17, 15) is 14.4 Å². The van der Waals surface area contributed by atoms with Crippen LogP contribution >= 0.6 is 0 Å². The Morgan fingerprint density at radius 3 is 0.875 bits per heavy atom. The first-order chi connectivity index (χ1) is 35.5. The number of hydrogen-bond acceptors (Lipinski definition) is 6. The summed E-state index contributed by atoms with van der Waals surface area (Å²) in [6, 6.07) is 0. The quantitative estimate of drug-likeness (QED) is 0.0261. The molecule has 0 bridgehead atoms. The maximum Gasteiger partial charge on any atom is 0.306 e. The molecule has 0 saturated carbocycles. The van der Waals surface area contributed by atoms with Crippen LogP contribution in [0.15, 0.2) is 134 Å². The molecule has 0 aliphatic carbocycles. The van der Waals surface area contributed by atoms with Crippen LogP contribution in [0.2, 0.25) is 0 Å². The highest BCUT2D eigenvalue weighted by Crippen LogP contribution is 2.13. The third-order valence-electron chi connectivity index (χ3n) is 11.9. The van der Waals surface area contributed by atoms with E-state index in [0.29, 0.717) is 19.3 Å². The zero-order chi connectivity index (χ0) is 52.2. The Hall–Kier alpha value is -4.45. The van der Waals surface area contributed by atoms with Gasteiger partial charge < -0.3 is 14.2 Å². The molecule has 0 rings (SSSR count). The Bertz CT molecular complexity index is 1560. The number of carbonyl (C=O) groups is 3. The van der Waals surface area contributed by atoms with E-state index < -0.39 is 6.10 Å². The minimum Gasteiger partial charge on any atom is -0.462 e. The highest BCUT2D eigenvalue weighted by atomic mass is 16.6. The van der Waals surface area contributed by atoms with Crippen LogP contribution in [0.4, 0.5) is 0 Å². The van der Waals surface area contributed by atoms with Gasteiger partial charge >= 0.3 is 17.9 Å². The summed E-state index contributed by atoms with van der Waals surface area (Å²) in [5.41, 5.74) is 0. The first kappa shape index (κ1) is 67.5. The molecule has 406 valence electrons. The minimum absolute atomic E-state index is 0.0920. The molecule has 6 nitrogen and oxygen atoms in total. The van der Waals surface area contributed by atoms with Gasteiger partial charge in [-0.25, -0.2) is 0 Å². The van der Waals surface area contributed by atoms with Crippen LogP contribution in [0.3, 0.4) is 0 Å². The van der Waals surface area contributed by atoms with Crippen LogP contribution in [0.5, 0.6) is 0 Å². The number of rotatable bonds is 51. The highest BCUT2D eigenvalue weighted by Gasteiger charge is 2.19. The molecule has 0 heterocycles. The van der Waals surface area contributed by atoms with Gasteiger partial charge in [0.25, 0.3) is 0 Å². The molecule has 0 spiro atoms. The van der Waals surface area contributed by atoms with E-state index in [1.165, 1.54) is 57.8 Å². The van der Waals surface area contributed by atoms with Crippen molar-refractivity contribution in [1.82, 2.24) is 0 Å². The fourth-order valence-electron chi connectivity index (χ4n) is 7.52. The summed E-state index contributed by atoms with van der Waals surface area (Å²) in [7, 11) is 0. The fraction of sp³-hybridized carbons (Fsp3) is 0.621. The Balaban J connectivity index is 4.16. The lowest BCUT2D eigenvalue weighted by molar-refractivity contribution is -0.167.